The molecule has 0 bridgehead atoms. The molecule has 23 heavy (non-hydrogen) atoms. The smallest absolute Gasteiger partial charge is 0.258 e. The van der Waals surface area contributed by atoms with E-state index < -0.39 is 21.5 Å². The zero-order chi connectivity index (χ0) is 17.3. The van der Waals surface area contributed by atoms with E-state index in [1.807, 2.05) is 0 Å². The second kappa shape index (κ2) is 6.11. The topological polar surface area (TPSA) is 101 Å². The molecule has 0 aliphatic carbocycles. The first-order valence-corrected chi connectivity index (χ1v) is 8.25. The van der Waals surface area contributed by atoms with E-state index in [-0.39, 0.29) is 16.0 Å². The molecule has 1 atom stereocenters. The van der Waals surface area contributed by atoms with Crippen molar-refractivity contribution in [2.45, 2.75) is 10.5 Å². The molecule has 0 aliphatic rings. The van der Waals surface area contributed by atoms with Crippen LogP contribution in [0.25, 0.3) is 0 Å². The SMILES string of the molecule is CN(C)S(=O)(=O)c1cccc(C(O)(C(N)=O)c2ccccc2)c1. The second-order valence-corrected chi connectivity index (χ2v) is 7.41. The number of sulfonamides is 1. The van der Waals surface area contributed by atoms with Gasteiger partial charge in [0.2, 0.25) is 10.0 Å². The second-order valence-electron chi connectivity index (χ2n) is 5.26. The zero-order valence-corrected chi connectivity index (χ0v) is 13.6. The number of aliphatic hydroxyl groups is 1. The minimum Gasteiger partial charge on any atom is -0.372 e. The van der Waals surface area contributed by atoms with E-state index >= 15 is 0 Å². The molecule has 0 spiro atoms. The van der Waals surface area contributed by atoms with Gasteiger partial charge in [-0.2, -0.15) is 0 Å². The Morgan fingerprint density at radius 3 is 2.13 bits per heavy atom. The number of carbonyl (C=O) groups excluding carboxylic acids is 1. The van der Waals surface area contributed by atoms with Crippen molar-refractivity contribution < 1.29 is 18.3 Å². The van der Waals surface area contributed by atoms with Gasteiger partial charge in [0, 0.05) is 14.1 Å². The van der Waals surface area contributed by atoms with Crippen LogP contribution < -0.4 is 5.73 Å². The van der Waals surface area contributed by atoms with Crippen molar-refractivity contribution in [1.82, 2.24) is 4.31 Å². The Hall–Kier alpha value is -2.22. The van der Waals surface area contributed by atoms with E-state index in [2.05, 4.69) is 0 Å². The highest BCUT2D eigenvalue weighted by Gasteiger charge is 2.38. The molecule has 0 radical (unpaired) electrons. The lowest BCUT2D eigenvalue weighted by molar-refractivity contribution is -0.133. The van der Waals surface area contributed by atoms with Gasteiger partial charge >= 0.3 is 0 Å². The third kappa shape index (κ3) is 2.98. The van der Waals surface area contributed by atoms with Crippen LogP contribution in [0.15, 0.2) is 59.5 Å². The minimum absolute atomic E-state index is 0.0318. The summed E-state index contributed by atoms with van der Waals surface area (Å²) in [5, 5.41) is 10.9. The highest BCUT2D eigenvalue weighted by Crippen LogP contribution is 2.31. The Balaban J connectivity index is 2.66. The maximum atomic E-state index is 12.2. The standard InChI is InChI=1S/C16H18N2O4S/c1-18(2)23(21,22)14-10-6-9-13(11-14)16(20,15(17)19)12-7-4-3-5-8-12/h3-11,20H,1-2H3,(H2,17,19). The molecule has 0 fully saturated rings. The number of nitrogens with two attached hydrogens (primary N) is 1. The average molecular weight is 334 g/mol. The first-order valence-electron chi connectivity index (χ1n) is 6.81. The fraction of sp³-hybridized carbons (Fsp3) is 0.188. The third-order valence-corrected chi connectivity index (χ3v) is 5.39. The van der Waals surface area contributed by atoms with Gasteiger partial charge in [0.25, 0.3) is 5.91 Å². The van der Waals surface area contributed by atoms with Crippen molar-refractivity contribution in [2.75, 3.05) is 14.1 Å². The minimum atomic E-state index is -3.70. The van der Waals surface area contributed by atoms with Gasteiger partial charge in [0.1, 0.15) is 0 Å². The third-order valence-electron chi connectivity index (χ3n) is 3.58. The van der Waals surface area contributed by atoms with Crippen LogP contribution in [0.4, 0.5) is 0 Å². The van der Waals surface area contributed by atoms with Gasteiger partial charge in [-0.1, -0.05) is 42.5 Å². The summed E-state index contributed by atoms with van der Waals surface area (Å²) in [4.78, 5) is 11.9. The van der Waals surface area contributed by atoms with Crippen molar-refractivity contribution in [3.8, 4) is 0 Å². The molecule has 7 heteroatoms. The van der Waals surface area contributed by atoms with E-state index in [9.17, 15) is 18.3 Å². The van der Waals surface area contributed by atoms with Crippen LogP contribution in [0.5, 0.6) is 0 Å². The van der Waals surface area contributed by atoms with Gasteiger partial charge in [-0.05, 0) is 23.3 Å². The van der Waals surface area contributed by atoms with Crippen molar-refractivity contribution in [1.29, 1.82) is 0 Å². The van der Waals surface area contributed by atoms with Crippen LogP contribution >= 0.6 is 0 Å². The summed E-state index contributed by atoms with van der Waals surface area (Å²) in [6.07, 6.45) is 0. The summed E-state index contributed by atoms with van der Waals surface area (Å²) in [6.45, 7) is 0. The Morgan fingerprint density at radius 2 is 1.61 bits per heavy atom. The molecular formula is C16H18N2O4S. The summed E-state index contributed by atoms with van der Waals surface area (Å²) >= 11 is 0. The zero-order valence-electron chi connectivity index (χ0n) is 12.8. The van der Waals surface area contributed by atoms with Crippen LogP contribution in [0.3, 0.4) is 0 Å². The lowest BCUT2D eigenvalue weighted by Gasteiger charge is -2.26. The average Bonchev–Trinajstić information content (AvgIpc) is 2.54. The van der Waals surface area contributed by atoms with Gasteiger partial charge in [0.15, 0.2) is 5.60 Å². The maximum Gasteiger partial charge on any atom is 0.258 e. The predicted molar refractivity (Wildman–Crippen MR) is 86.0 cm³/mol. The fourth-order valence-electron chi connectivity index (χ4n) is 2.22. The Morgan fingerprint density at radius 1 is 1.04 bits per heavy atom. The first-order chi connectivity index (χ1) is 10.7. The molecule has 0 aromatic heterocycles. The van der Waals surface area contributed by atoms with Gasteiger partial charge in [-0.15, -0.1) is 0 Å². The normalized spacial score (nSPS) is 14.4. The van der Waals surface area contributed by atoms with Crippen molar-refractivity contribution in [3.05, 3.63) is 65.7 Å². The van der Waals surface area contributed by atoms with Gasteiger partial charge in [-0.25, -0.2) is 12.7 Å². The van der Waals surface area contributed by atoms with Crippen LogP contribution in [-0.4, -0.2) is 37.8 Å². The molecule has 0 saturated heterocycles. The first kappa shape index (κ1) is 17.1. The van der Waals surface area contributed by atoms with E-state index in [0.29, 0.717) is 0 Å². The molecule has 0 saturated carbocycles. The van der Waals surface area contributed by atoms with E-state index in [4.69, 9.17) is 5.73 Å². The Bertz CT molecular complexity index is 819. The fourth-order valence-corrected chi connectivity index (χ4v) is 3.17. The maximum absolute atomic E-state index is 12.2. The molecule has 122 valence electrons. The number of benzene rings is 2. The van der Waals surface area contributed by atoms with Crippen molar-refractivity contribution in [2.24, 2.45) is 5.73 Å². The Kier molecular flexibility index (Phi) is 4.56. The van der Waals surface area contributed by atoms with Crippen LogP contribution in [0.1, 0.15) is 11.1 Å². The van der Waals surface area contributed by atoms with E-state index in [1.54, 1.807) is 30.3 Å². The monoisotopic (exact) mass is 334 g/mol. The molecule has 3 N–H and O–H groups in total. The number of hydrogen-bond acceptors (Lipinski definition) is 4. The lowest BCUT2D eigenvalue weighted by atomic mass is 9.86. The van der Waals surface area contributed by atoms with E-state index in [0.717, 1.165) is 4.31 Å². The number of amides is 1. The highest BCUT2D eigenvalue weighted by molar-refractivity contribution is 7.89. The lowest BCUT2D eigenvalue weighted by Crippen LogP contribution is -2.42. The number of carbonyl (C=O) groups is 1. The molecule has 2 aromatic rings. The largest absolute Gasteiger partial charge is 0.372 e. The quantitative estimate of drug-likeness (QED) is 0.838. The van der Waals surface area contributed by atoms with Crippen molar-refractivity contribution in [3.63, 3.8) is 0 Å². The molecule has 2 aromatic carbocycles. The number of rotatable bonds is 5. The molecule has 1 amide bonds. The summed E-state index contributed by atoms with van der Waals surface area (Å²) in [7, 11) is -0.893. The molecular weight excluding hydrogens is 316 g/mol. The van der Waals surface area contributed by atoms with Crippen molar-refractivity contribution >= 4 is 15.9 Å². The molecule has 6 nitrogen and oxygen atoms in total. The van der Waals surface area contributed by atoms with Crippen LogP contribution in [0, 0.1) is 0 Å². The Labute approximate surface area is 135 Å². The van der Waals surface area contributed by atoms with Gasteiger partial charge < -0.3 is 10.8 Å². The molecule has 1 unspecified atom stereocenters. The number of primary amides is 1. The number of hydrogen-bond donors (Lipinski definition) is 2. The highest BCUT2D eigenvalue weighted by atomic mass is 32.2. The predicted octanol–water partition coefficient (Wildman–Crippen LogP) is 0.658. The molecule has 0 heterocycles. The van der Waals surface area contributed by atoms with Crippen LogP contribution in [-0.2, 0) is 20.4 Å². The van der Waals surface area contributed by atoms with Crippen LogP contribution in [0.2, 0.25) is 0 Å². The van der Waals surface area contributed by atoms with Gasteiger partial charge in [-0.3, -0.25) is 4.79 Å². The molecule has 2 rings (SSSR count). The number of nitrogens with zero attached hydrogens (tertiary/aromatic N) is 1. The summed E-state index contributed by atoms with van der Waals surface area (Å²) in [5.74, 6) is -0.983. The summed E-state index contributed by atoms with van der Waals surface area (Å²) in [6, 6.07) is 13.7. The van der Waals surface area contributed by atoms with Gasteiger partial charge in [0.05, 0.1) is 4.90 Å². The summed E-state index contributed by atoms with van der Waals surface area (Å²) < 4.78 is 25.5. The molecule has 0 aliphatic heterocycles. The summed E-state index contributed by atoms with van der Waals surface area (Å²) in [5.41, 5.74) is 3.66. The van der Waals surface area contributed by atoms with E-state index in [1.165, 1.54) is 38.4 Å².